The fourth-order valence-electron chi connectivity index (χ4n) is 1.95. The van der Waals surface area contributed by atoms with Gasteiger partial charge in [-0.2, -0.15) is 0 Å². The fourth-order valence-corrected chi connectivity index (χ4v) is 1.95. The molecule has 1 aliphatic carbocycles. The van der Waals surface area contributed by atoms with Crippen molar-refractivity contribution in [3.63, 3.8) is 0 Å². The molecule has 1 aliphatic rings. The van der Waals surface area contributed by atoms with Crippen LogP contribution in [-0.2, 0) is 9.59 Å². The third-order valence-corrected chi connectivity index (χ3v) is 3.14. The summed E-state index contributed by atoms with van der Waals surface area (Å²) in [5, 5.41) is 19.9. The Kier molecular flexibility index (Phi) is 4.73. The Morgan fingerprint density at radius 1 is 1.31 bits per heavy atom. The predicted octanol–water partition coefficient (Wildman–Crippen LogP) is 0.374. The van der Waals surface area contributed by atoms with Gasteiger partial charge < -0.3 is 15.5 Å². The van der Waals surface area contributed by atoms with Gasteiger partial charge >= 0.3 is 5.97 Å². The van der Waals surface area contributed by atoms with Crippen molar-refractivity contribution in [3.8, 4) is 0 Å². The van der Waals surface area contributed by atoms with E-state index in [0.29, 0.717) is 5.92 Å². The molecular weight excluding hydrogens is 210 g/mol. The van der Waals surface area contributed by atoms with E-state index in [9.17, 15) is 9.59 Å². The zero-order chi connectivity index (χ0) is 12.1. The number of carboxylic acids is 1. The van der Waals surface area contributed by atoms with Crippen LogP contribution in [0.25, 0.3) is 0 Å². The highest BCUT2D eigenvalue weighted by atomic mass is 16.4. The van der Waals surface area contributed by atoms with Gasteiger partial charge in [-0.1, -0.05) is 6.92 Å². The molecule has 16 heavy (non-hydrogen) atoms. The summed E-state index contributed by atoms with van der Waals surface area (Å²) in [6.07, 6.45) is 2.29. The smallest absolute Gasteiger partial charge is 0.334 e. The molecule has 0 aromatic rings. The van der Waals surface area contributed by atoms with Gasteiger partial charge in [0.1, 0.15) is 0 Å². The molecule has 0 bridgehead atoms. The van der Waals surface area contributed by atoms with Crippen molar-refractivity contribution in [1.82, 2.24) is 5.32 Å². The second-order valence-corrected chi connectivity index (χ2v) is 4.56. The normalized spacial score (nSPS) is 27.1. The van der Waals surface area contributed by atoms with Crippen LogP contribution < -0.4 is 5.32 Å². The lowest BCUT2D eigenvalue weighted by Crippen LogP contribution is -2.40. The summed E-state index contributed by atoms with van der Waals surface area (Å²) in [7, 11) is 0. The first-order valence-electron chi connectivity index (χ1n) is 5.69. The zero-order valence-corrected chi connectivity index (χ0v) is 9.48. The van der Waals surface area contributed by atoms with Crippen LogP contribution in [0.1, 0.15) is 32.6 Å². The van der Waals surface area contributed by atoms with E-state index in [1.54, 1.807) is 0 Å². The monoisotopic (exact) mass is 229 g/mol. The summed E-state index contributed by atoms with van der Waals surface area (Å²) in [5.74, 6) is -0.782. The second-order valence-electron chi connectivity index (χ2n) is 4.56. The molecule has 0 aliphatic heterocycles. The minimum absolute atomic E-state index is 0.0165. The first-order chi connectivity index (χ1) is 7.50. The molecule has 5 heteroatoms. The molecule has 1 rings (SSSR count). The molecule has 5 nitrogen and oxygen atoms in total. The number of aliphatic hydroxyl groups excluding tert-OH is 1. The Morgan fingerprint density at radius 3 is 2.38 bits per heavy atom. The second kappa shape index (κ2) is 5.84. The van der Waals surface area contributed by atoms with Gasteiger partial charge in [0.25, 0.3) is 0 Å². The van der Waals surface area contributed by atoms with Crippen molar-refractivity contribution < 1.29 is 19.8 Å². The predicted molar refractivity (Wildman–Crippen MR) is 57.8 cm³/mol. The van der Waals surface area contributed by atoms with E-state index < -0.39 is 12.1 Å². The number of nitrogens with one attached hydrogen (secondary N) is 1. The lowest BCUT2D eigenvalue weighted by molar-refractivity contribution is -0.146. The Hall–Kier alpha value is -1.10. The number of carbonyl (C=O) groups excluding carboxylic acids is 1. The average Bonchev–Trinajstić information content (AvgIpc) is 2.26. The van der Waals surface area contributed by atoms with Gasteiger partial charge in [-0.05, 0) is 31.6 Å². The first kappa shape index (κ1) is 13.0. The van der Waals surface area contributed by atoms with Crippen LogP contribution in [-0.4, -0.2) is 34.7 Å². The molecule has 0 aromatic carbocycles. The van der Waals surface area contributed by atoms with Gasteiger partial charge in [0.05, 0.1) is 6.54 Å². The summed E-state index contributed by atoms with van der Waals surface area (Å²) >= 11 is 0. The maximum Gasteiger partial charge on any atom is 0.334 e. The minimum Gasteiger partial charge on any atom is -0.479 e. The highest BCUT2D eigenvalue weighted by Crippen LogP contribution is 2.28. The fraction of sp³-hybridized carbons (Fsp3) is 0.818. The third kappa shape index (κ3) is 3.81. The number of hydrogen-bond acceptors (Lipinski definition) is 3. The Balaban J connectivity index is 2.27. The van der Waals surface area contributed by atoms with E-state index in [4.69, 9.17) is 10.2 Å². The van der Waals surface area contributed by atoms with Crippen molar-refractivity contribution in [1.29, 1.82) is 0 Å². The van der Waals surface area contributed by atoms with Crippen LogP contribution in [0, 0.1) is 11.8 Å². The van der Waals surface area contributed by atoms with Crippen LogP contribution in [0.15, 0.2) is 0 Å². The molecule has 1 atom stereocenters. The lowest BCUT2D eigenvalue weighted by atomic mass is 9.82. The van der Waals surface area contributed by atoms with Crippen molar-refractivity contribution in [2.45, 2.75) is 38.7 Å². The van der Waals surface area contributed by atoms with Gasteiger partial charge in [-0.25, -0.2) is 4.79 Å². The summed E-state index contributed by atoms with van der Waals surface area (Å²) in [6, 6.07) is 0. The first-order valence-corrected chi connectivity index (χ1v) is 5.69. The molecule has 0 heterocycles. The maximum absolute atomic E-state index is 11.6. The molecule has 92 valence electrons. The average molecular weight is 229 g/mol. The van der Waals surface area contributed by atoms with E-state index in [2.05, 4.69) is 12.2 Å². The van der Waals surface area contributed by atoms with E-state index in [0.717, 1.165) is 25.7 Å². The number of rotatable bonds is 4. The number of hydrogen-bond donors (Lipinski definition) is 3. The van der Waals surface area contributed by atoms with E-state index in [1.807, 2.05) is 0 Å². The minimum atomic E-state index is -1.51. The Bertz CT molecular complexity index is 259. The number of aliphatic carboxylic acids is 1. The van der Waals surface area contributed by atoms with Gasteiger partial charge in [0.15, 0.2) is 6.10 Å². The summed E-state index contributed by atoms with van der Waals surface area (Å²) < 4.78 is 0. The molecule has 1 amide bonds. The zero-order valence-electron chi connectivity index (χ0n) is 9.48. The van der Waals surface area contributed by atoms with E-state index in [1.165, 1.54) is 0 Å². The topological polar surface area (TPSA) is 86.6 Å². The number of carbonyl (C=O) groups is 2. The Morgan fingerprint density at radius 2 is 1.88 bits per heavy atom. The van der Waals surface area contributed by atoms with Gasteiger partial charge in [0, 0.05) is 5.92 Å². The van der Waals surface area contributed by atoms with Crippen LogP contribution in [0.5, 0.6) is 0 Å². The van der Waals surface area contributed by atoms with Crippen LogP contribution in [0.2, 0.25) is 0 Å². The van der Waals surface area contributed by atoms with Crippen LogP contribution >= 0.6 is 0 Å². The van der Waals surface area contributed by atoms with Gasteiger partial charge in [0.2, 0.25) is 5.91 Å². The summed E-state index contributed by atoms with van der Waals surface area (Å²) in [6.45, 7) is 1.96. The maximum atomic E-state index is 11.6. The van der Waals surface area contributed by atoms with Crippen molar-refractivity contribution in [3.05, 3.63) is 0 Å². The quantitative estimate of drug-likeness (QED) is 0.650. The van der Waals surface area contributed by atoms with Crippen molar-refractivity contribution in [2.75, 3.05) is 6.54 Å². The van der Waals surface area contributed by atoms with E-state index >= 15 is 0 Å². The largest absolute Gasteiger partial charge is 0.479 e. The third-order valence-electron chi connectivity index (χ3n) is 3.14. The molecule has 3 N–H and O–H groups in total. The number of aliphatic hydroxyl groups is 1. The highest BCUT2D eigenvalue weighted by Gasteiger charge is 2.25. The van der Waals surface area contributed by atoms with Crippen LogP contribution in [0.3, 0.4) is 0 Å². The molecule has 0 spiro atoms. The number of amides is 1. The molecule has 1 saturated carbocycles. The lowest BCUT2D eigenvalue weighted by Gasteiger charge is -2.25. The van der Waals surface area contributed by atoms with Gasteiger partial charge in [-0.15, -0.1) is 0 Å². The SMILES string of the molecule is CC1CCC(C(=O)NC[C@H](O)C(=O)O)CC1. The number of carboxylic acid groups (broad SMARTS) is 1. The van der Waals surface area contributed by atoms with E-state index in [-0.39, 0.29) is 18.4 Å². The van der Waals surface area contributed by atoms with Crippen LogP contribution in [0.4, 0.5) is 0 Å². The molecule has 0 unspecified atom stereocenters. The highest BCUT2D eigenvalue weighted by molar-refractivity contribution is 5.80. The standard InChI is InChI=1S/C11H19NO4/c1-7-2-4-8(5-3-7)10(14)12-6-9(13)11(15)16/h7-9,13H,2-6H2,1H3,(H,12,14)(H,15,16)/t7?,8?,9-/m0/s1. The molecular formula is C11H19NO4. The molecule has 0 aromatic heterocycles. The summed E-state index contributed by atoms with van der Waals surface area (Å²) in [4.78, 5) is 21.9. The Labute approximate surface area is 94.8 Å². The summed E-state index contributed by atoms with van der Waals surface area (Å²) in [5.41, 5.74) is 0. The van der Waals surface area contributed by atoms with Crippen molar-refractivity contribution in [2.24, 2.45) is 11.8 Å². The molecule has 1 fully saturated rings. The van der Waals surface area contributed by atoms with Gasteiger partial charge in [-0.3, -0.25) is 4.79 Å². The van der Waals surface area contributed by atoms with Crippen molar-refractivity contribution >= 4 is 11.9 Å². The molecule has 0 saturated heterocycles. The molecule has 0 radical (unpaired) electrons.